The van der Waals surface area contributed by atoms with Crippen LogP contribution in [0, 0.1) is 0 Å². The quantitative estimate of drug-likeness (QED) is 0.398. The normalized spacial score (nSPS) is 15.7. The third-order valence-electron chi connectivity index (χ3n) is 7.66. The van der Waals surface area contributed by atoms with Crippen LogP contribution in [0.3, 0.4) is 0 Å². The van der Waals surface area contributed by atoms with Crippen molar-refractivity contribution in [1.82, 2.24) is 29.3 Å². The van der Waals surface area contributed by atoms with E-state index in [0.29, 0.717) is 0 Å². The van der Waals surface area contributed by atoms with Gasteiger partial charge in [-0.15, -0.1) is 10.2 Å². The maximum Gasteiger partial charge on any atom is 0.184 e. The van der Waals surface area contributed by atoms with Gasteiger partial charge in [0.2, 0.25) is 0 Å². The summed E-state index contributed by atoms with van der Waals surface area (Å²) in [5.74, 6) is 1.64. The van der Waals surface area contributed by atoms with E-state index in [9.17, 15) is 0 Å². The first kappa shape index (κ1) is 21.2. The number of imidazole rings is 1. The van der Waals surface area contributed by atoms with Crippen molar-refractivity contribution in [1.29, 1.82) is 0 Å². The number of benzene rings is 2. The molecule has 4 heterocycles. The van der Waals surface area contributed by atoms with Crippen LogP contribution in [0.15, 0.2) is 73.2 Å². The summed E-state index contributed by atoms with van der Waals surface area (Å²) in [6.07, 6.45) is 7.89. The Hall–Kier alpha value is -4.10. The number of aryl methyl sites for hydroxylation is 2. The van der Waals surface area contributed by atoms with Crippen molar-refractivity contribution >= 4 is 0 Å². The molecular weight excluding hydrogens is 446 g/mol. The van der Waals surface area contributed by atoms with Gasteiger partial charge in [0.05, 0.1) is 17.7 Å². The Morgan fingerprint density at radius 1 is 0.889 bits per heavy atom. The van der Waals surface area contributed by atoms with E-state index >= 15 is 0 Å². The van der Waals surface area contributed by atoms with Crippen molar-refractivity contribution < 1.29 is 0 Å². The first-order valence-corrected chi connectivity index (χ1v) is 12.5. The fraction of sp³-hybridized carbons (Fsp3) is 0.241. The number of fused-ring (bicyclic) bond motifs is 3. The number of aromatic nitrogens is 6. The second-order valence-corrected chi connectivity index (χ2v) is 10.0. The van der Waals surface area contributed by atoms with Gasteiger partial charge in [0.1, 0.15) is 5.69 Å². The molecule has 7 nitrogen and oxygen atoms in total. The summed E-state index contributed by atoms with van der Waals surface area (Å²) in [4.78, 5) is 9.73. The van der Waals surface area contributed by atoms with Crippen molar-refractivity contribution in [3.63, 3.8) is 0 Å². The highest BCUT2D eigenvalue weighted by atomic mass is 15.3. The van der Waals surface area contributed by atoms with E-state index in [0.717, 1.165) is 76.8 Å². The minimum absolute atomic E-state index is 0.167. The number of nitrogens with two attached hydrogens (primary N) is 1. The predicted octanol–water partition coefficient (Wildman–Crippen LogP) is 4.97. The molecule has 0 spiro atoms. The summed E-state index contributed by atoms with van der Waals surface area (Å²) >= 11 is 0. The van der Waals surface area contributed by atoms with Gasteiger partial charge in [-0.1, -0.05) is 54.6 Å². The van der Waals surface area contributed by atoms with Crippen molar-refractivity contribution in [2.24, 2.45) is 12.8 Å². The van der Waals surface area contributed by atoms with Crippen LogP contribution in [-0.4, -0.2) is 29.3 Å². The topological polar surface area (TPSA) is 87.4 Å². The van der Waals surface area contributed by atoms with Gasteiger partial charge in [0, 0.05) is 48.4 Å². The fourth-order valence-electron chi connectivity index (χ4n) is 5.45. The van der Waals surface area contributed by atoms with Crippen molar-refractivity contribution in [2.45, 2.75) is 37.8 Å². The van der Waals surface area contributed by atoms with E-state index in [1.165, 1.54) is 12.0 Å². The minimum Gasteiger partial charge on any atom is -0.340 e. The van der Waals surface area contributed by atoms with Gasteiger partial charge in [0.15, 0.2) is 11.6 Å². The maximum atomic E-state index is 6.58. The van der Waals surface area contributed by atoms with E-state index in [4.69, 9.17) is 10.7 Å². The molecule has 5 aromatic rings. The molecule has 1 aliphatic carbocycles. The highest BCUT2D eigenvalue weighted by molar-refractivity contribution is 5.85. The van der Waals surface area contributed by atoms with E-state index in [2.05, 4.69) is 74.3 Å². The smallest absolute Gasteiger partial charge is 0.184 e. The second-order valence-electron chi connectivity index (χ2n) is 10.0. The standard InChI is InChI=1S/C29H27N7/c1-35-17-25(31-18-35)28-34-33-27-23-16-22(19-6-3-2-4-7-19)26(32-24(23)12-15-36(27)28)20-8-10-21(11-9-20)29(30)13-5-14-29/h2-4,6-11,16-18H,5,12-15,30H2,1H3. The van der Waals surface area contributed by atoms with Crippen LogP contribution in [0.5, 0.6) is 0 Å². The molecule has 2 N–H and O–H groups in total. The Morgan fingerprint density at radius 2 is 1.67 bits per heavy atom. The Kier molecular flexibility index (Phi) is 4.69. The average molecular weight is 474 g/mol. The molecule has 36 heavy (non-hydrogen) atoms. The fourth-order valence-corrected chi connectivity index (χ4v) is 5.45. The van der Waals surface area contributed by atoms with E-state index in [1.807, 2.05) is 23.9 Å². The third kappa shape index (κ3) is 3.31. The molecule has 2 aliphatic rings. The van der Waals surface area contributed by atoms with Crippen LogP contribution in [-0.2, 0) is 25.6 Å². The molecule has 2 aromatic carbocycles. The number of rotatable bonds is 4. The molecule has 7 heteroatoms. The first-order valence-electron chi connectivity index (χ1n) is 12.5. The molecule has 0 atom stereocenters. The van der Waals surface area contributed by atoms with E-state index < -0.39 is 0 Å². The van der Waals surface area contributed by atoms with Gasteiger partial charge in [-0.3, -0.25) is 4.98 Å². The molecule has 3 aromatic heterocycles. The number of hydrogen-bond acceptors (Lipinski definition) is 5. The lowest BCUT2D eigenvalue weighted by Gasteiger charge is -2.38. The molecular formula is C29H27N7. The zero-order valence-corrected chi connectivity index (χ0v) is 20.2. The summed E-state index contributed by atoms with van der Waals surface area (Å²) in [5.41, 5.74) is 14.8. The van der Waals surface area contributed by atoms with E-state index in [-0.39, 0.29) is 5.54 Å². The Labute approximate surface area is 209 Å². The average Bonchev–Trinajstić information content (AvgIpc) is 3.53. The van der Waals surface area contributed by atoms with Gasteiger partial charge in [0.25, 0.3) is 0 Å². The number of nitrogens with zero attached hydrogens (tertiary/aromatic N) is 6. The number of pyridine rings is 1. The highest BCUT2D eigenvalue weighted by Gasteiger charge is 2.34. The Bertz CT molecular complexity index is 1570. The summed E-state index contributed by atoms with van der Waals surface area (Å²) < 4.78 is 4.09. The first-order chi connectivity index (χ1) is 17.6. The molecule has 1 fully saturated rings. The lowest BCUT2D eigenvalue weighted by Crippen LogP contribution is -2.43. The Morgan fingerprint density at radius 3 is 2.36 bits per heavy atom. The number of hydrogen-bond donors (Lipinski definition) is 1. The lowest BCUT2D eigenvalue weighted by atomic mass is 9.72. The zero-order chi connectivity index (χ0) is 24.3. The molecule has 1 saturated carbocycles. The molecule has 1 aliphatic heterocycles. The van der Waals surface area contributed by atoms with Gasteiger partial charge in [-0.05, 0) is 36.5 Å². The van der Waals surface area contributed by atoms with Crippen LogP contribution >= 0.6 is 0 Å². The molecule has 178 valence electrons. The molecule has 7 rings (SSSR count). The van der Waals surface area contributed by atoms with Crippen LogP contribution in [0.1, 0.15) is 30.5 Å². The van der Waals surface area contributed by atoms with Crippen LogP contribution < -0.4 is 5.73 Å². The summed E-state index contributed by atoms with van der Waals surface area (Å²) in [5, 5.41) is 9.09. The van der Waals surface area contributed by atoms with Crippen LogP contribution in [0.4, 0.5) is 0 Å². The molecule has 0 saturated heterocycles. The molecule has 0 radical (unpaired) electrons. The summed E-state index contributed by atoms with van der Waals surface area (Å²) in [7, 11) is 1.96. The predicted molar refractivity (Wildman–Crippen MR) is 140 cm³/mol. The molecule has 0 amide bonds. The largest absolute Gasteiger partial charge is 0.340 e. The van der Waals surface area contributed by atoms with Crippen molar-refractivity contribution in [3.8, 4) is 45.3 Å². The SMILES string of the molecule is Cn1cnc(-c2nnc3n2CCc2nc(-c4ccc(C5(N)CCC5)cc4)c(-c4ccccc4)cc2-3)c1. The molecule has 0 unspecified atom stereocenters. The zero-order valence-electron chi connectivity index (χ0n) is 20.2. The third-order valence-corrected chi connectivity index (χ3v) is 7.66. The van der Waals surface area contributed by atoms with Gasteiger partial charge >= 0.3 is 0 Å². The van der Waals surface area contributed by atoms with Gasteiger partial charge in [-0.25, -0.2) is 4.98 Å². The van der Waals surface area contributed by atoms with Crippen LogP contribution in [0.25, 0.3) is 45.3 Å². The lowest BCUT2D eigenvalue weighted by molar-refractivity contribution is 0.253. The molecule has 0 bridgehead atoms. The van der Waals surface area contributed by atoms with Crippen molar-refractivity contribution in [2.75, 3.05) is 0 Å². The van der Waals surface area contributed by atoms with Gasteiger partial charge in [-0.2, -0.15) is 0 Å². The maximum absolute atomic E-state index is 6.58. The monoisotopic (exact) mass is 473 g/mol. The van der Waals surface area contributed by atoms with Gasteiger partial charge < -0.3 is 14.9 Å². The van der Waals surface area contributed by atoms with E-state index in [1.54, 1.807) is 6.33 Å². The minimum atomic E-state index is -0.167. The highest BCUT2D eigenvalue weighted by Crippen LogP contribution is 2.41. The van der Waals surface area contributed by atoms with Crippen molar-refractivity contribution in [3.05, 3.63) is 84.4 Å². The summed E-state index contributed by atoms with van der Waals surface area (Å²) in [6, 6.07) is 21.4. The second kappa shape index (κ2) is 7.96. The Balaban J connectivity index is 1.37. The van der Waals surface area contributed by atoms with Crippen LogP contribution in [0.2, 0.25) is 0 Å². The summed E-state index contributed by atoms with van der Waals surface area (Å²) in [6.45, 7) is 0.771.